The standard InChI is InChI=1S/C5H3BrO2/c6-4-1-3(7)2-5(4)8/h1H,2H2. The third-order valence-corrected chi connectivity index (χ3v) is 1.56. The van der Waals surface area contributed by atoms with Crippen LogP contribution in [0.5, 0.6) is 0 Å². The molecule has 3 heteroatoms. The highest BCUT2D eigenvalue weighted by molar-refractivity contribution is 9.12. The van der Waals surface area contributed by atoms with E-state index in [1.54, 1.807) is 0 Å². The molecule has 0 N–H and O–H groups in total. The minimum Gasteiger partial charge on any atom is -0.294 e. The molecule has 0 fully saturated rings. The van der Waals surface area contributed by atoms with Crippen molar-refractivity contribution in [3.63, 3.8) is 0 Å². The van der Waals surface area contributed by atoms with Crippen LogP contribution < -0.4 is 0 Å². The first-order valence-electron chi connectivity index (χ1n) is 2.13. The summed E-state index contributed by atoms with van der Waals surface area (Å²) in [4.78, 5) is 20.8. The minimum atomic E-state index is -0.116. The number of hydrogen-bond donors (Lipinski definition) is 0. The molecule has 0 aromatic carbocycles. The molecule has 0 spiro atoms. The Morgan fingerprint density at radius 1 is 1.50 bits per heavy atom. The quantitative estimate of drug-likeness (QED) is 0.510. The third kappa shape index (κ3) is 0.865. The van der Waals surface area contributed by atoms with E-state index in [2.05, 4.69) is 15.9 Å². The molecule has 0 saturated heterocycles. The van der Waals surface area contributed by atoms with E-state index >= 15 is 0 Å². The summed E-state index contributed by atoms with van der Waals surface area (Å²) in [6.07, 6.45) is 1.35. The molecule has 0 amide bonds. The average molecular weight is 175 g/mol. The molecule has 0 atom stereocenters. The molecule has 1 rings (SSSR count). The predicted octanol–water partition coefficient (Wildman–Crippen LogP) is 0.807. The summed E-state index contributed by atoms with van der Waals surface area (Å²) in [5.74, 6) is -0.225. The van der Waals surface area contributed by atoms with Crippen LogP contribution in [0.4, 0.5) is 0 Å². The SMILES string of the molecule is O=C1C=C(Br)C(=O)C1. The Hall–Kier alpha value is -0.440. The largest absolute Gasteiger partial charge is 0.294 e. The van der Waals surface area contributed by atoms with Gasteiger partial charge in [0.05, 0.1) is 10.9 Å². The Bertz CT molecular complexity index is 181. The van der Waals surface area contributed by atoms with Crippen molar-refractivity contribution in [3.05, 3.63) is 10.6 Å². The molecule has 0 radical (unpaired) electrons. The van der Waals surface area contributed by atoms with Crippen LogP contribution in [0.3, 0.4) is 0 Å². The number of Topliss-reactive ketones (excluding diaryl/α,β-unsaturated/α-hetero) is 1. The van der Waals surface area contributed by atoms with E-state index in [1.807, 2.05) is 0 Å². The maximum Gasteiger partial charge on any atom is 0.177 e. The zero-order valence-electron chi connectivity index (χ0n) is 3.98. The Morgan fingerprint density at radius 3 is 2.25 bits per heavy atom. The molecule has 1 aliphatic rings. The molecule has 0 bridgehead atoms. The zero-order chi connectivity index (χ0) is 6.15. The van der Waals surface area contributed by atoms with Crippen LogP contribution in [0.25, 0.3) is 0 Å². The van der Waals surface area contributed by atoms with Gasteiger partial charge in [0, 0.05) is 0 Å². The predicted molar refractivity (Wildman–Crippen MR) is 31.6 cm³/mol. The van der Waals surface area contributed by atoms with Crippen LogP contribution in [-0.4, -0.2) is 11.6 Å². The van der Waals surface area contributed by atoms with Gasteiger partial charge in [-0.05, 0) is 22.0 Å². The summed E-state index contributed by atoms with van der Waals surface area (Å²) in [5, 5.41) is 0. The molecule has 1 aliphatic carbocycles. The van der Waals surface area contributed by atoms with Gasteiger partial charge in [0.1, 0.15) is 0 Å². The molecule has 42 valence electrons. The Morgan fingerprint density at radius 2 is 2.12 bits per heavy atom. The number of allylic oxidation sites excluding steroid dienone is 2. The number of rotatable bonds is 0. The lowest BCUT2D eigenvalue weighted by Crippen LogP contribution is -1.92. The van der Waals surface area contributed by atoms with Crippen molar-refractivity contribution in [2.75, 3.05) is 0 Å². The van der Waals surface area contributed by atoms with Crippen LogP contribution in [0.15, 0.2) is 10.6 Å². The lowest BCUT2D eigenvalue weighted by molar-refractivity contribution is -0.120. The first-order valence-corrected chi connectivity index (χ1v) is 2.92. The van der Waals surface area contributed by atoms with Crippen molar-refractivity contribution in [1.82, 2.24) is 0 Å². The van der Waals surface area contributed by atoms with Gasteiger partial charge in [0.2, 0.25) is 0 Å². The summed E-state index contributed by atoms with van der Waals surface area (Å²) in [6, 6.07) is 0. The summed E-state index contributed by atoms with van der Waals surface area (Å²) >= 11 is 2.93. The zero-order valence-corrected chi connectivity index (χ0v) is 5.56. The number of carbonyl (C=O) groups excluding carboxylic acids is 2. The fourth-order valence-electron chi connectivity index (χ4n) is 0.516. The number of hydrogen-bond acceptors (Lipinski definition) is 2. The van der Waals surface area contributed by atoms with Crippen molar-refractivity contribution >= 4 is 27.5 Å². The van der Waals surface area contributed by atoms with E-state index in [1.165, 1.54) is 6.08 Å². The topological polar surface area (TPSA) is 34.1 Å². The number of carbonyl (C=O) groups is 2. The van der Waals surface area contributed by atoms with Crippen LogP contribution in [-0.2, 0) is 9.59 Å². The molecule has 0 heterocycles. The number of halogens is 1. The third-order valence-electron chi connectivity index (χ3n) is 0.889. The van der Waals surface area contributed by atoms with Gasteiger partial charge in [-0.1, -0.05) is 0 Å². The van der Waals surface area contributed by atoms with Crippen molar-refractivity contribution in [2.45, 2.75) is 6.42 Å². The number of ketones is 2. The Kier molecular flexibility index (Phi) is 1.29. The van der Waals surface area contributed by atoms with Gasteiger partial charge >= 0.3 is 0 Å². The Labute approximate surface area is 54.7 Å². The molecule has 2 nitrogen and oxygen atoms in total. The van der Waals surface area contributed by atoms with Crippen molar-refractivity contribution in [2.24, 2.45) is 0 Å². The van der Waals surface area contributed by atoms with Crippen LogP contribution in [0.2, 0.25) is 0 Å². The fourth-order valence-corrected chi connectivity index (χ4v) is 0.911. The minimum absolute atomic E-state index is 0.0422. The van der Waals surface area contributed by atoms with Crippen LogP contribution in [0, 0.1) is 0 Å². The second-order valence-electron chi connectivity index (χ2n) is 1.56. The van der Waals surface area contributed by atoms with E-state index < -0.39 is 0 Å². The lowest BCUT2D eigenvalue weighted by Gasteiger charge is -1.77. The summed E-state index contributed by atoms with van der Waals surface area (Å²) in [5.41, 5.74) is 0. The van der Waals surface area contributed by atoms with Crippen molar-refractivity contribution in [3.8, 4) is 0 Å². The normalized spacial score (nSPS) is 19.4. The molecule has 0 saturated carbocycles. The smallest absolute Gasteiger partial charge is 0.177 e. The average Bonchev–Trinajstić information content (AvgIpc) is 1.85. The van der Waals surface area contributed by atoms with Crippen LogP contribution >= 0.6 is 15.9 Å². The van der Waals surface area contributed by atoms with E-state index in [4.69, 9.17) is 0 Å². The monoisotopic (exact) mass is 174 g/mol. The molecular weight excluding hydrogens is 172 g/mol. The lowest BCUT2D eigenvalue weighted by atomic mass is 10.3. The first kappa shape index (κ1) is 5.69. The van der Waals surface area contributed by atoms with Crippen molar-refractivity contribution in [1.29, 1.82) is 0 Å². The van der Waals surface area contributed by atoms with E-state index in [9.17, 15) is 9.59 Å². The summed E-state index contributed by atoms with van der Waals surface area (Å²) < 4.78 is 0.405. The van der Waals surface area contributed by atoms with E-state index in [0.29, 0.717) is 4.48 Å². The molecule has 0 aromatic rings. The van der Waals surface area contributed by atoms with Gasteiger partial charge in [0.15, 0.2) is 11.6 Å². The molecule has 0 aromatic heterocycles. The Balaban J connectivity index is 2.88. The van der Waals surface area contributed by atoms with Gasteiger partial charge < -0.3 is 0 Å². The highest BCUT2D eigenvalue weighted by atomic mass is 79.9. The van der Waals surface area contributed by atoms with Gasteiger partial charge in [0.25, 0.3) is 0 Å². The second-order valence-corrected chi connectivity index (χ2v) is 2.41. The second kappa shape index (κ2) is 1.82. The highest BCUT2D eigenvalue weighted by Gasteiger charge is 2.18. The molecule has 8 heavy (non-hydrogen) atoms. The fraction of sp³-hybridized carbons (Fsp3) is 0.200. The van der Waals surface area contributed by atoms with Gasteiger partial charge in [-0.2, -0.15) is 0 Å². The van der Waals surface area contributed by atoms with Gasteiger partial charge in [-0.15, -0.1) is 0 Å². The molecular formula is C5H3BrO2. The molecule has 0 aliphatic heterocycles. The van der Waals surface area contributed by atoms with Crippen molar-refractivity contribution < 1.29 is 9.59 Å². The summed E-state index contributed by atoms with van der Waals surface area (Å²) in [6.45, 7) is 0. The highest BCUT2D eigenvalue weighted by Crippen LogP contribution is 2.15. The molecule has 0 unspecified atom stereocenters. The van der Waals surface area contributed by atoms with Gasteiger partial charge in [-0.25, -0.2) is 0 Å². The van der Waals surface area contributed by atoms with Gasteiger partial charge in [-0.3, -0.25) is 9.59 Å². The van der Waals surface area contributed by atoms with E-state index in [-0.39, 0.29) is 18.0 Å². The maximum absolute atomic E-state index is 10.4. The van der Waals surface area contributed by atoms with E-state index in [0.717, 1.165) is 0 Å². The first-order chi connectivity index (χ1) is 3.70. The van der Waals surface area contributed by atoms with Crippen LogP contribution in [0.1, 0.15) is 6.42 Å². The maximum atomic E-state index is 10.4. The summed E-state index contributed by atoms with van der Waals surface area (Å²) in [7, 11) is 0.